The molecule has 10 nitrogen and oxygen atoms in total. The topological polar surface area (TPSA) is 124 Å². The Morgan fingerprint density at radius 1 is 1.13 bits per heavy atom. The Labute approximate surface area is 225 Å². The summed E-state index contributed by atoms with van der Waals surface area (Å²) in [5.74, 6) is 0.526. The first kappa shape index (κ1) is 26.4. The molecule has 3 aliphatic rings. The molecule has 0 unspecified atom stereocenters. The molecular weight excluding hydrogens is 530 g/mol. The third-order valence-corrected chi connectivity index (χ3v) is 9.39. The molecule has 0 spiro atoms. The van der Waals surface area contributed by atoms with Crippen molar-refractivity contribution in [3.8, 4) is 11.5 Å². The van der Waals surface area contributed by atoms with Crippen molar-refractivity contribution in [2.24, 2.45) is 4.99 Å². The van der Waals surface area contributed by atoms with Crippen molar-refractivity contribution < 1.29 is 32.2 Å². The van der Waals surface area contributed by atoms with E-state index >= 15 is 0 Å². The number of amidine groups is 1. The summed E-state index contributed by atoms with van der Waals surface area (Å²) >= 11 is 1.26. The molecule has 3 aliphatic heterocycles. The molecule has 2 aromatic carbocycles. The highest BCUT2D eigenvalue weighted by Gasteiger charge is 2.49. The van der Waals surface area contributed by atoms with Crippen molar-refractivity contribution in [2.45, 2.75) is 50.1 Å². The normalized spacial score (nSPS) is 23.2. The van der Waals surface area contributed by atoms with Crippen molar-refractivity contribution in [1.82, 2.24) is 5.32 Å². The van der Waals surface area contributed by atoms with Crippen LogP contribution < -0.4 is 19.7 Å². The maximum absolute atomic E-state index is 13.6. The Hall–Kier alpha value is -3.25. The van der Waals surface area contributed by atoms with Crippen LogP contribution in [0.15, 0.2) is 53.5 Å². The molecule has 2 amide bonds. The summed E-state index contributed by atoms with van der Waals surface area (Å²) < 4.78 is 41.2. The molecule has 2 fully saturated rings. The smallest absolute Gasteiger partial charge is 0.408 e. The highest BCUT2D eigenvalue weighted by Crippen LogP contribution is 2.44. The van der Waals surface area contributed by atoms with Crippen LogP contribution in [0.3, 0.4) is 0 Å². The molecule has 0 radical (unpaired) electrons. The molecule has 1 N–H and O–H groups in total. The number of anilines is 1. The van der Waals surface area contributed by atoms with E-state index in [1.165, 1.54) is 11.8 Å². The molecule has 2 aromatic rings. The number of carbonyl (C=O) groups is 2. The van der Waals surface area contributed by atoms with E-state index in [9.17, 15) is 18.0 Å². The van der Waals surface area contributed by atoms with Gasteiger partial charge in [0.25, 0.3) is 5.91 Å². The van der Waals surface area contributed by atoms with E-state index in [0.29, 0.717) is 22.4 Å². The minimum absolute atomic E-state index is 0.000197. The van der Waals surface area contributed by atoms with E-state index in [1.54, 1.807) is 43.9 Å². The molecule has 2 saturated heterocycles. The summed E-state index contributed by atoms with van der Waals surface area (Å²) in [6, 6.07) is 13.2. The predicted octanol–water partition coefficient (Wildman–Crippen LogP) is 3.15. The molecule has 0 saturated carbocycles. The van der Waals surface area contributed by atoms with E-state index < -0.39 is 33.5 Å². The molecule has 202 valence electrons. The van der Waals surface area contributed by atoms with E-state index in [2.05, 4.69) is 10.3 Å². The zero-order chi connectivity index (χ0) is 27.1. The third-order valence-electron chi connectivity index (χ3n) is 6.18. The molecule has 12 heteroatoms. The first-order chi connectivity index (χ1) is 18.0. The van der Waals surface area contributed by atoms with Gasteiger partial charge in [-0.05, 0) is 38.5 Å². The molecule has 5 rings (SSSR count). The third kappa shape index (κ3) is 5.91. The lowest BCUT2D eigenvalue weighted by Crippen LogP contribution is -2.45. The van der Waals surface area contributed by atoms with Crippen LogP contribution >= 0.6 is 11.8 Å². The van der Waals surface area contributed by atoms with Crippen LogP contribution in [-0.2, 0) is 25.8 Å². The number of nitrogens with zero attached hydrogens (tertiary/aromatic N) is 2. The van der Waals surface area contributed by atoms with Crippen LogP contribution in [0.1, 0.15) is 26.3 Å². The fraction of sp³-hybridized carbons (Fsp3) is 0.423. The summed E-state index contributed by atoms with van der Waals surface area (Å²) in [6.45, 7) is 5.33. The Bertz CT molecular complexity index is 1370. The maximum Gasteiger partial charge on any atom is 0.408 e. The number of aliphatic imine (C=N–C) groups is 1. The standard InChI is InChI=1S/C26H29N3O7S2/c1-26(2,3)36-25(31)27-18(11-16-7-5-4-6-8-16)23(30)28-24-29(19-13-38(32,33)14-22(19)37-24)17-9-10-20-21(12-17)35-15-34-20/h4-10,12,18-19,22H,11,13-15H2,1-3H3,(H,27,31)/t18-,19-,22+/m1/s1. The first-order valence-corrected chi connectivity index (χ1v) is 14.9. The van der Waals surface area contributed by atoms with Gasteiger partial charge in [0, 0.05) is 23.4 Å². The number of ether oxygens (including phenoxy) is 3. The SMILES string of the molecule is CC(C)(C)OC(=O)N[C@H](Cc1ccccc1)C(=O)N=C1S[C@H]2CS(=O)(=O)C[C@H]2N1c1ccc2c(c1)OCO2. The van der Waals surface area contributed by atoms with Crippen molar-refractivity contribution in [3.63, 3.8) is 0 Å². The lowest BCUT2D eigenvalue weighted by atomic mass is 10.1. The van der Waals surface area contributed by atoms with Gasteiger partial charge in [-0.2, -0.15) is 4.99 Å². The molecule has 0 bridgehead atoms. The van der Waals surface area contributed by atoms with Crippen molar-refractivity contribution in [2.75, 3.05) is 23.2 Å². The van der Waals surface area contributed by atoms with Crippen LogP contribution in [0.2, 0.25) is 0 Å². The van der Waals surface area contributed by atoms with Crippen LogP contribution in [-0.4, -0.2) is 66.8 Å². The highest BCUT2D eigenvalue weighted by atomic mass is 32.2. The number of amides is 2. The quantitative estimate of drug-likeness (QED) is 0.588. The summed E-state index contributed by atoms with van der Waals surface area (Å²) in [5.41, 5.74) is 0.755. The van der Waals surface area contributed by atoms with E-state index in [1.807, 2.05) is 30.3 Å². The van der Waals surface area contributed by atoms with Crippen LogP contribution in [0.4, 0.5) is 10.5 Å². The molecule has 0 aliphatic carbocycles. The summed E-state index contributed by atoms with van der Waals surface area (Å²) in [5, 5.41) is 2.77. The molecular formula is C26H29N3O7S2. The molecule has 3 heterocycles. The van der Waals surface area contributed by atoms with Crippen molar-refractivity contribution in [1.29, 1.82) is 0 Å². The van der Waals surface area contributed by atoms with Crippen LogP contribution in [0, 0.1) is 0 Å². The lowest BCUT2D eigenvalue weighted by Gasteiger charge is -2.25. The van der Waals surface area contributed by atoms with E-state index in [0.717, 1.165) is 5.56 Å². The van der Waals surface area contributed by atoms with Gasteiger partial charge in [0.1, 0.15) is 11.6 Å². The number of hydrogen-bond donors (Lipinski definition) is 1. The van der Waals surface area contributed by atoms with Gasteiger partial charge in [0.15, 0.2) is 26.5 Å². The largest absolute Gasteiger partial charge is 0.454 e. The number of nitrogens with one attached hydrogen (secondary N) is 1. The van der Waals surface area contributed by atoms with Crippen LogP contribution in [0.5, 0.6) is 11.5 Å². The van der Waals surface area contributed by atoms with E-state index in [-0.39, 0.29) is 36.0 Å². The molecule has 38 heavy (non-hydrogen) atoms. The Morgan fingerprint density at radius 2 is 1.87 bits per heavy atom. The number of fused-ring (bicyclic) bond motifs is 2. The van der Waals surface area contributed by atoms with Crippen molar-refractivity contribution >= 4 is 44.5 Å². The Kier molecular flexibility index (Phi) is 7.03. The number of carbonyl (C=O) groups excluding carboxylic acids is 2. The summed E-state index contributed by atoms with van der Waals surface area (Å²) in [4.78, 5) is 32.4. The molecule has 3 atom stereocenters. The number of alkyl carbamates (subject to hydrolysis) is 1. The van der Waals surface area contributed by atoms with E-state index in [4.69, 9.17) is 14.2 Å². The average Bonchev–Trinajstić information content (AvgIpc) is 3.49. The summed E-state index contributed by atoms with van der Waals surface area (Å²) in [6.07, 6.45) is -0.507. The number of hydrogen-bond acceptors (Lipinski definition) is 8. The fourth-order valence-electron chi connectivity index (χ4n) is 4.57. The van der Waals surface area contributed by atoms with Crippen molar-refractivity contribution in [3.05, 3.63) is 54.1 Å². The van der Waals surface area contributed by atoms with Gasteiger partial charge in [-0.1, -0.05) is 42.1 Å². The predicted molar refractivity (Wildman–Crippen MR) is 145 cm³/mol. The zero-order valence-corrected chi connectivity index (χ0v) is 22.9. The minimum atomic E-state index is -3.23. The lowest BCUT2D eigenvalue weighted by molar-refractivity contribution is -0.119. The van der Waals surface area contributed by atoms with Gasteiger partial charge in [-0.3, -0.25) is 4.79 Å². The van der Waals surface area contributed by atoms with Gasteiger partial charge >= 0.3 is 6.09 Å². The second-order valence-electron chi connectivity index (χ2n) is 10.3. The molecule has 0 aromatic heterocycles. The average molecular weight is 560 g/mol. The Balaban J connectivity index is 1.46. The zero-order valence-electron chi connectivity index (χ0n) is 21.2. The Morgan fingerprint density at radius 3 is 2.61 bits per heavy atom. The highest BCUT2D eigenvalue weighted by molar-refractivity contribution is 8.16. The number of thioether (sulfide) groups is 1. The first-order valence-electron chi connectivity index (χ1n) is 12.2. The van der Waals surface area contributed by atoms with Gasteiger partial charge in [0.05, 0.1) is 17.5 Å². The van der Waals surface area contributed by atoms with Gasteiger partial charge in [-0.25, -0.2) is 13.2 Å². The monoisotopic (exact) mass is 559 g/mol. The van der Waals surface area contributed by atoms with Gasteiger partial charge in [-0.15, -0.1) is 0 Å². The van der Waals surface area contributed by atoms with Crippen LogP contribution in [0.25, 0.3) is 0 Å². The fourth-order valence-corrected chi connectivity index (χ4v) is 8.49. The number of sulfone groups is 1. The minimum Gasteiger partial charge on any atom is -0.454 e. The number of benzene rings is 2. The second-order valence-corrected chi connectivity index (χ2v) is 13.7. The second kappa shape index (κ2) is 10.1. The number of rotatable bonds is 5. The van der Waals surface area contributed by atoms with Gasteiger partial charge in [0.2, 0.25) is 6.79 Å². The summed E-state index contributed by atoms with van der Waals surface area (Å²) in [7, 11) is -3.23. The maximum atomic E-state index is 13.6. The van der Waals surface area contributed by atoms with Gasteiger partial charge < -0.3 is 24.4 Å².